The Morgan fingerprint density at radius 2 is 2.13 bits per heavy atom. The molecule has 2 aromatic heterocycles. The van der Waals surface area contributed by atoms with Gasteiger partial charge in [0.1, 0.15) is 4.83 Å². The number of rotatable bonds is 6. The van der Waals surface area contributed by atoms with Crippen molar-refractivity contribution >= 4 is 44.9 Å². The lowest BCUT2D eigenvalue weighted by molar-refractivity contribution is -0.113. The molecule has 0 spiro atoms. The number of amides is 1. The van der Waals surface area contributed by atoms with Crippen LogP contribution in [0.4, 0.5) is 5.69 Å². The molecule has 158 valence electrons. The van der Waals surface area contributed by atoms with E-state index in [-0.39, 0.29) is 17.2 Å². The Morgan fingerprint density at radius 3 is 2.90 bits per heavy atom. The second-order valence-corrected chi connectivity index (χ2v) is 9.85. The third-order valence-corrected chi connectivity index (χ3v) is 7.83. The molecule has 1 atom stereocenters. The summed E-state index contributed by atoms with van der Waals surface area (Å²) in [6, 6.07) is 7.84. The van der Waals surface area contributed by atoms with E-state index in [2.05, 4.69) is 19.2 Å². The number of carbonyl (C=O) groups excluding carboxylic acids is 1. The normalized spacial score (nSPS) is 15.9. The van der Waals surface area contributed by atoms with Gasteiger partial charge in [0, 0.05) is 17.1 Å². The van der Waals surface area contributed by atoms with Crippen LogP contribution < -0.4 is 10.9 Å². The van der Waals surface area contributed by atoms with E-state index >= 15 is 0 Å². The van der Waals surface area contributed by atoms with Crippen LogP contribution in [0.5, 0.6) is 0 Å². The summed E-state index contributed by atoms with van der Waals surface area (Å²) in [5.41, 5.74) is 3.20. The first-order chi connectivity index (χ1) is 14.5. The van der Waals surface area contributed by atoms with Crippen molar-refractivity contribution in [2.24, 2.45) is 5.92 Å². The largest absolute Gasteiger partial charge is 0.325 e. The Kier molecular flexibility index (Phi) is 6.29. The van der Waals surface area contributed by atoms with Crippen molar-refractivity contribution in [2.75, 3.05) is 11.1 Å². The zero-order chi connectivity index (χ0) is 21.3. The van der Waals surface area contributed by atoms with Gasteiger partial charge in [-0.05, 0) is 55.7 Å². The highest BCUT2D eigenvalue weighted by Crippen LogP contribution is 2.36. The van der Waals surface area contributed by atoms with Crippen LogP contribution in [0.15, 0.2) is 34.2 Å². The molecular formula is C23H27N3O2S2. The monoisotopic (exact) mass is 441 g/mol. The molecule has 1 N–H and O–H groups in total. The average Bonchev–Trinajstić information content (AvgIpc) is 3.10. The maximum absolute atomic E-state index is 13.2. The number of thiophene rings is 1. The topological polar surface area (TPSA) is 64.0 Å². The molecule has 1 amide bonds. The van der Waals surface area contributed by atoms with Crippen LogP contribution in [0, 0.1) is 5.92 Å². The summed E-state index contributed by atoms with van der Waals surface area (Å²) >= 11 is 2.99. The molecular weight excluding hydrogens is 414 g/mol. The number of hydrogen-bond acceptors (Lipinski definition) is 5. The lowest BCUT2D eigenvalue weighted by Gasteiger charge is -2.17. The summed E-state index contributed by atoms with van der Waals surface area (Å²) < 4.78 is 1.71. The lowest BCUT2D eigenvalue weighted by atomic mass is 9.89. The molecule has 3 aromatic rings. The molecule has 0 saturated heterocycles. The number of carbonyl (C=O) groups is 1. The summed E-state index contributed by atoms with van der Waals surface area (Å²) in [6.45, 7) is 6.84. The average molecular weight is 442 g/mol. The van der Waals surface area contributed by atoms with Crippen molar-refractivity contribution in [3.8, 4) is 0 Å². The zero-order valence-corrected chi connectivity index (χ0v) is 19.3. The Morgan fingerprint density at radius 1 is 1.33 bits per heavy atom. The van der Waals surface area contributed by atoms with Gasteiger partial charge in [0.05, 0.1) is 11.1 Å². The van der Waals surface area contributed by atoms with Crippen LogP contribution in [0.1, 0.15) is 43.2 Å². The lowest BCUT2D eigenvalue weighted by Crippen LogP contribution is -2.24. The molecule has 1 unspecified atom stereocenters. The highest BCUT2D eigenvalue weighted by molar-refractivity contribution is 7.99. The number of nitrogens with zero attached hydrogens (tertiary/aromatic N) is 2. The number of aromatic nitrogens is 2. The van der Waals surface area contributed by atoms with E-state index in [1.807, 2.05) is 31.2 Å². The van der Waals surface area contributed by atoms with Crippen molar-refractivity contribution in [3.63, 3.8) is 0 Å². The second-order valence-electron chi connectivity index (χ2n) is 7.82. The quantitative estimate of drug-likeness (QED) is 0.437. The van der Waals surface area contributed by atoms with Gasteiger partial charge in [-0.1, -0.05) is 43.8 Å². The fourth-order valence-corrected chi connectivity index (χ4v) is 6.35. The van der Waals surface area contributed by atoms with Gasteiger partial charge < -0.3 is 5.32 Å². The van der Waals surface area contributed by atoms with E-state index in [1.54, 1.807) is 15.9 Å². The van der Waals surface area contributed by atoms with Crippen LogP contribution in [-0.4, -0.2) is 21.2 Å². The van der Waals surface area contributed by atoms with E-state index in [0.29, 0.717) is 17.6 Å². The summed E-state index contributed by atoms with van der Waals surface area (Å²) in [4.78, 5) is 32.7. The molecule has 7 heteroatoms. The number of hydrogen-bond donors (Lipinski definition) is 1. The van der Waals surface area contributed by atoms with Crippen molar-refractivity contribution in [2.45, 2.75) is 58.2 Å². The van der Waals surface area contributed by atoms with E-state index in [0.717, 1.165) is 47.2 Å². The van der Waals surface area contributed by atoms with Gasteiger partial charge >= 0.3 is 0 Å². The van der Waals surface area contributed by atoms with Crippen LogP contribution in [0.25, 0.3) is 10.2 Å². The molecule has 4 rings (SSSR count). The number of benzene rings is 1. The predicted octanol–water partition coefficient (Wildman–Crippen LogP) is 4.90. The minimum atomic E-state index is -0.0859. The third kappa shape index (κ3) is 4.05. The van der Waals surface area contributed by atoms with Gasteiger partial charge in [-0.25, -0.2) is 4.98 Å². The van der Waals surface area contributed by atoms with Gasteiger partial charge in [0.25, 0.3) is 5.56 Å². The first-order valence-electron chi connectivity index (χ1n) is 10.6. The molecule has 0 bridgehead atoms. The smallest absolute Gasteiger partial charge is 0.263 e. The fraction of sp³-hybridized carbons (Fsp3) is 0.435. The minimum absolute atomic E-state index is 0.0359. The van der Waals surface area contributed by atoms with E-state index in [9.17, 15) is 9.59 Å². The standard InChI is InChI=1S/C23H27N3O2S2/c1-4-15-8-6-7-9-17(15)24-19(27)13-29-23-25-21-20(22(28)26(23)5-2)16-11-10-14(3)12-18(16)30-21/h6-9,14H,4-5,10-13H2,1-3H3,(H,24,27). The summed E-state index contributed by atoms with van der Waals surface area (Å²) in [5.74, 6) is 0.790. The number of fused-ring (bicyclic) bond motifs is 3. The Hall–Kier alpha value is -2.12. The zero-order valence-electron chi connectivity index (χ0n) is 17.7. The maximum Gasteiger partial charge on any atom is 0.263 e. The van der Waals surface area contributed by atoms with Crippen LogP contribution >= 0.6 is 23.1 Å². The van der Waals surface area contributed by atoms with Gasteiger partial charge in [-0.3, -0.25) is 14.2 Å². The van der Waals surface area contributed by atoms with Crippen molar-refractivity contribution in [1.29, 1.82) is 0 Å². The highest BCUT2D eigenvalue weighted by atomic mass is 32.2. The van der Waals surface area contributed by atoms with E-state index < -0.39 is 0 Å². The van der Waals surface area contributed by atoms with Gasteiger partial charge in [-0.2, -0.15) is 0 Å². The minimum Gasteiger partial charge on any atom is -0.325 e. The van der Waals surface area contributed by atoms with Gasteiger partial charge in [0.2, 0.25) is 5.91 Å². The molecule has 2 heterocycles. The molecule has 1 aromatic carbocycles. The molecule has 1 aliphatic rings. The molecule has 0 saturated carbocycles. The molecule has 1 aliphatic carbocycles. The van der Waals surface area contributed by atoms with Crippen LogP contribution in [-0.2, 0) is 30.6 Å². The van der Waals surface area contributed by atoms with E-state index in [1.165, 1.54) is 22.2 Å². The van der Waals surface area contributed by atoms with Crippen LogP contribution in [0.3, 0.4) is 0 Å². The molecule has 0 fully saturated rings. The third-order valence-electron chi connectivity index (χ3n) is 5.70. The highest BCUT2D eigenvalue weighted by Gasteiger charge is 2.24. The number of aryl methyl sites for hydroxylation is 2. The van der Waals surface area contributed by atoms with Gasteiger partial charge in [0.15, 0.2) is 5.16 Å². The number of nitrogens with one attached hydrogen (secondary N) is 1. The molecule has 0 aliphatic heterocycles. The van der Waals surface area contributed by atoms with Crippen molar-refractivity contribution < 1.29 is 4.79 Å². The van der Waals surface area contributed by atoms with Crippen molar-refractivity contribution in [3.05, 3.63) is 50.6 Å². The fourth-order valence-electron chi connectivity index (χ4n) is 4.06. The second kappa shape index (κ2) is 8.94. The molecule has 30 heavy (non-hydrogen) atoms. The number of para-hydroxylation sites is 1. The summed E-state index contributed by atoms with van der Waals surface area (Å²) in [6.07, 6.45) is 3.98. The maximum atomic E-state index is 13.2. The summed E-state index contributed by atoms with van der Waals surface area (Å²) in [5, 5.41) is 4.42. The van der Waals surface area contributed by atoms with Crippen LogP contribution in [0.2, 0.25) is 0 Å². The number of thioether (sulfide) groups is 1. The first kappa shape index (κ1) is 21.1. The predicted molar refractivity (Wildman–Crippen MR) is 126 cm³/mol. The summed E-state index contributed by atoms with van der Waals surface area (Å²) in [7, 11) is 0. The van der Waals surface area contributed by atoms with E-state index in [4.69, 9.17) is 4.98 Å². The van der Waals surface area contributed by atoms with Crippen molar-refractivity contribution in [1.82, 2.24) is 9.55 Å². The SMILES string of the molecule is CCc1ccccc1NC(=O)CSc1nc2sc3c(c2c(=O)n1CC)CCC(C)C3. The Balaban J connectivity index is 1.58. The van der Waals surface area contributed by atoms with Gasteiger partial charge in [-0.15, -0.1) is 11.3 Å². The molecule has 5 nitrogen and oxygen atoms in total. The Labute approximate surface area is 184 Å². The first-order valence-corrected chi connectivity index (χ1v) is 12.4. The molecule has 0 radical (unpaired) electrons. The Bertz CT molecular complexity index is 1150. The number of anilines is 1.